The predicted octanol–water partition coefficient (Wildman–Crippen LogP) is 2.64. The Morgan fingerprint density at radius 2 is 1.89 bits per heavy atom. The van der Waals surface area contributed by atoms with E-state index in [0.717, 1.165) is 44.2 Å². The van der Waals surface area contributed by atoms with Crippen LogP contribution in [0.4, 0.5) is 0 Å². The number of amides is 1. The number of rotatable bonds is 4. The molecule has 0 aromatic rings. The van der Waals surface area contributed by atoms with Gasteiger partial charge in [-0.25, -0.2) is 0 Å². The standard InChI is InChI=1S/C15H30N2O/c1-11(2)10-14(16)15(18)17-8-5-6-13(7-9-17)12(3)4/h11-14H,5-10,16H2,1-4H3/t13?,14-/m0/s1. The van der Waals surface area contributed by atoms with Gasteiger partial charge in [-0.05, 0) is 43.4 Å². The smallest absolute Gasteiger partial charge is 0.239 e. The van der Waals surface area contributed by atoms with Crippen molar-refractivity contribution >= 4 is 5.91 Å². The number of hydrogen-bond acceptors (Lipinski definition) is 2. The number of hydrogen-bond donors (Lipinski definition) is 1. The van der Waals surface area contributed by atoms with E-state index in [1.165, 1.54) is 6.42 Å². The minimum Gasteiger partial charge on any atom is -0.341 e. The van der Waals surface area contributed by atoms with E-state index in [9.17, 15) is 4.79 Å². The van der Waals surface area contributed by atoms with Gasteiger partial charge in [-0.2, -0.15) is 0 Å². The summed E-state index contributed by atoms with van der Waals surface area (Å²) in [6, 6.07) is -0.305. The average Bonchev–Trinajstić information content (AvgIpc) is 2.52. The molecule has 0 aromatic heterocycles. The van der Waals surface area contributed by atoms with E-state index in [0.29, 0.717) is 5.92 Å². The zero-order valence-corrected chi connectivity index (χ0v) is 12.5. The molecule has 0 saturated carbocycles. The molecule has 1 heterocycles. The fraction of sp³-hybridized carbons (Fsp3) is 0.933. The summed E-state index contributed by atoms with van der Waals surface area (Å²) in [6.07, 6.45) is 4.31. The molecule has 2 atom stereocenters. The van der Waals surface area contributed by atoms with Crippen LogP contribution in [-0.4, -0.2) is 29.9 Å². The largest absolute Gasteiger partial charge is 0.341 e. The fourth-order valence-corrected chi connectivity index (χ4v) is 2.85. The van der Waals surface area contributed by atoms with Gasteiger partial charge in [-0.1, -0.05) is 27.7 Å². The highest BCUT2D eigenvalue weighted by molar-refractivity contribution is 5.81. The summed E-state index contributed by atoms with van der Waals surface area (Å²) in [5.74, 6) is 2.14. The summed E-state index contributed by atoms with van der Waals surface area (Å²) in [5.41, 5.74) is 6.00. The van der Waals surface area contributed by atoms with Crippen LogP contribution in [0.3, 0.4) is 0 Å². The first kappa shape index (κ1) is 15.5. The normalized spacial score (nSPS) is 23.3. The average molecular weight is 254 g/mol. The molecule has 1 aliphatic rings. The third-order valence-corrected chi connectivity index (χ3v) is 4.07. The molecule has 1 amide bonds. The lowest BCUT2D eigenvalue weighted by Crippen LogP contribution is -2.44. The molecular formula is C15H30N2O. The van der Waals surface area contributed by atoms with Crippen LogP contribution < -0.4 is 5.73 Å². The first-order valence-corrected chi connectivity index (χ1v) is 7.46. The zero-order valence-electron chi connectivity index (χ0n) is 12.5. The van der Waals surface area contributed by atoms with E-state index in [1.54, 1.807) is 0 Å². The van der Waals surface area contributed by atoms with Crippen molar-refractivity contribution in [1.82, 2.24) is 4.90 Å². The molecule has 0 bridgehead atoms. The van der Waals surface area contributed by atoms with Crippen LogP contribution in [0.15, 0.2) is 0 Å². The third kappa shape index (κ3) is 4.60. The van der Waals surface area contributed by atoms with Crippen LogP contribution in [-0.2, 0) is 4.79 Å². The Morgan fingerprint density at radius 1 is 1.22 bits per heavy atom. The van der Waals surface area contributed by atoms with E-state index in [2.05, 4.69) is 27.7 Å². The molecule has 2 N–H and O–H groups in total. The molecule has 3 nitrogen and oxygen atoms in total. The van der Waals surface area contributed by atoms with Gasteiger partial charge < -0.3 is 10.6 Å². The van der Waals surface area contributed by atoms with E-state index < -0.39 is 0 Å². The van der Waals surface area contributed by atoms with Gasteiger partial charge in [-0.3, -0.25) is 4.79 Å². The summed E-state index contributed by atoms with van der Waals surface area (Å²) < 4.78 is 0. The van der Waals surface area contributed by atoms with Crippen molar-refractivity contribution in [2.75, 3.05) is 13.1 Å². The Labute approximate surface area is 112 Å². The van der Waals surface area contributed by atoms with Crippen molar-refractivity contribution in [3.05, 3.63) is 0 Å². The molecule has 1 unspecified atom stereocenters. The van der Waals surface area contributed by atoms with Crippen LogP contribution in [0, 0.1) is 17.8 Å². The van der Waals surface area contributed by atoms with Crippen molar-refractivity contribution in [3.63, 3.8) is 0 Å². The molecule has 1 aliphatic heterocycles. The lowest BCUT2D eigenvalue weighted by Gasteiger charge is -2.25. The summed E-state index contributed by atoms with van der Waals surface area (Å²) >= 11 is 0. The topological polar surface area (TPSA) is 46.3 Å². The number of nitrogens with two attached hydrogens (primary N) is 1. The van der Waals surface area contributed by atoms with E-state index in [1.807, 2.05) is 4.90 Å². The molecule has 1 saturated heterocycles. The molecule has 1 fully saturated rings. The van der Waals surface area contributed by atoms with E-state index >= 15 is 0 Å². The van der Waals surface area contributed by atoms with Crippen LogP contribution in [0.5, 0.6) is 0 Å². The Balaban J connectivity index is 2.49. The highest BCUT2D eigenvalue weighted by Gasteiger charge is 2.25. The Hall–Kier alpha value is -0.570. The van der Waals surface area contributed by atoms with Crippen LogP contribution in [0.1, 0.15) is 53.4 Å². The maximum atomic E-state index is 12.3. The van der Waals surface area contributed by atoms with Crippen LogP contribution in [0.25, 0.3) is 0 Å². The molecule has 18 heavy (non-hydrogen) atoms. The third-order valence-electron chi connectivity index (χ3n) is 4.07. The lowest BCUT2D eigenvalue weighted by molar-refractivity contribution is -0.132. The number of likely N-dealkylation sites (tertiary alicyclic amines) is 1. The SMILES string of the molecule is CC(C)C[C@H](N)C(=O)N1CCCC(C(C)C)CC1. The molecule has 1 rings (SSSR count). The van der Waals surface area contributed by atoms with Gasteiger partial charge in [0.2, 0.25) is 5.91 Å². The van der Waals surface area contributed by atoms with Crippen LogP contribution in [0.2, 0.25) is 0 Å². The first-order valence-electron chi connectivity index (χ1n) is 7.46. The minimum absolute atomic E-state index is 0.160. The number of nitrogens with zero attached hydrogens (tertiary/aromatic N) is 1. The van der Waals surface area contributed by atoms with Gasteiger partial charge in [-0.15, -0.1) is 0 Å². The monoisotopic (exact) mass is 254 g/mol. The lowest BCUT2D eigenvalue weighted by atomic mass is 9.89. The second-order valence-electron chi connectivity index (χ2n) is 6.50. The van der Waals surface area contributed by atoms with Gasteiger partial charge in [0.25, 0.3) is 0 Å². The molecule has 0 spiro atoms. The molecule has 0 aliphatic carbocycles. The molecule has 106 valence electrons. The summed E-state index contributed by atoms with van der Waals surface area (Å²) in [7, 11) is 0. The van der Waals surface area contributed by atoms with Crippen molar-refractivity contribution in [3.8, 4) is 0 Å². The van der Waals surface area contributed by atoms with Crippen LogP contribution >= 0.6 is 0 Å². The first-order chi connectivity index (χ1) is 8.41. The summed E-state index contributed by atoms with van der Waals surface area (Å²) in [5, 5.41) is 0. The van der Waals surface area contributed by atoms with E-state index in [4.69, 9.17) is 5.73 Å². The van der Waals surface area contributed by atoms with E-state index in [-0.39, 0.29) is 11.9 Å². The Bertz CT molecular complexity index is 263. The van der Waals surface area contributed by atoms with Crippen molar-refractivity contribution < 1.29 is 4.79 Å². The van der Waals surface area contributed by atoms with Gasteiger partial charge in [0, 0.05) is 13.1 Å². The molecular weight excluding hydrogens is 224 g/mol. The predicted molar refractivity (Wildman–Crippen MR) is 76.2 cm³/mol. The molecule has 0 aromatic carbocycles. The second-order valence-corrected chi connectivity index (χ2v) is 6.50. The van der Waals surface area contributed by atoms with Crippen molar-refractivity contribution in [2.24, 2.45) is 23.5 Å². The van der Waals surface area contributed by atoms with Gasteiger partial charge in [0.1, 0.15) is 0 Å². The summed E-state index contributed by atoms with van der Waals surface area (Å²) in [4.78, 5) is 14.3. The highest BCUT2D eigenvalue weighted by atomic mass is 16.2. The van der Waals surface area contributed by atoms with Crippen molar-refractivity contribution in [1.29, 1.82) is 0 Å². The quantitative estimate of drug-likeness (QED) is 0.838. The Morgan fingerprint density at radius 3 is 2.44 bits per heavy atom. The Kier molecular flexibility index (Phi) is 6.13. The van der Waals surface area contributed by atoms with Gasteiger partial charge >= 0.3 is 0 Å². The zero-order chi connectivity index (χ0) is 13.7. The molecule has 3 heteroatoms. The molecule has 0 radical (unpaired) electrons. The van der Waals surface area contributed by atoms with Crippen molar-refractivity contribution in [2.45, 2.75) is 59.4 Å². The maximum absolute atomic E-state index is 12.3. The maximum Gasteiger partial charge on any atom is 0.239 e. The second kappa shape index (κ2) is 7.13. The number of carbonyl (C=O) groups excluding carboxylic acids is 1. The summed E-state index contributed by atoms with van der Waals surface area (Å²) in [6.45, 7) is 10.6. The minimum atomic E-state index is -0.305. The fourth-order valence-electron chi connectivity index (χ4n) is 2.85. The van der Waals surface area contributed by atoms with Gasteiger partial charge in [0.15, 0.2) is 0 Å². The highest BCUT2D eigenvalue weighted by Crippen LogP contribution is 2.24. The van der Waals surface area contributed by atoms with Gasteiger partial charge in [0.05, 0.1) is 6.04 Å². The number of carbonyl (C=O) groups is 1.